The van der Waals surface area contributed by atoms with Crippen molar-refractivity contribution in [1.29, 1.82) is 0 Å². The number of nitrogens with one attached hydrogen (secondary N) is 4. The summed E-state index contributed by atoms with van der Waals surface area (Å²) in [6, 6.07) is 56.0. The maximum absolute atomic E-state index is 13.1. The highest BCUT2D eigenvalue weighted by Gasteiger charge is 2.41. The number of ketones is 1. The van der Waals surface area contributed by atoms with E-state index in [2.05, 4.69) is 63.3 Å². The summed E-state index contributed by atoms with van der Waals surface area (Å²) in [4.78, 5) is 78.1. The largest absolute Gasteiger partial charge is 0.492 e. The van der Waals surface area contributed by atoms with Crippen LogP contribution in [0.3, 0.4) is 0 Å². The topological polar surface area (TPSA) is 602 Å². The molecule has 5 aliphatic heterocycles. The van der Waals surface area contributed by atoms with E-state index in [4.69, 9.17) is 52.4 Å². The van der Waals surface area contributed by atoms with E-state index in [1.165, 1.54) is 0 Å². The second-order valence-corrected chi connectivity index (χ2v) is 46.5. The molecule has 0 radical (unpaired) electrons. The van der Waals surface area contributed by atoms with Gasteiger partial charge in [-0.2, -0.15) is 5.10 Å². The number of rotatable bonds is 32. The number of hydrogen-bond acceptors (Lipinski definition) is 30. The van der Waals surface area contributed by atoms with Crippen LogP contribution in [0.4, 0.5) is 5.69 Å². The second kappa shape index (κ2) is 47.0. The van der Waals surface area contributed by atoms with Gasteiger partial charge in [0.25, 0.3) is 73.7 Å². The molecule has 792 valence electrons. The molecule has 11 aromatic rings. The number of hydrogen-bond donors (Lipinski definition) is 9. The predicted octanol–water partition coefficient (Wildman–Crippen LogP) is 11.0. The highest BCUT2D eigenvalue weighted by Crippen LogP contribution is 2.40. The Hall–Kier alpha value is -15.4. The van der Waals surface area contributed by atoms with Gasteiger partial charge >= 0.3 is 0 Å². The van der Waals surface area contributed by atoms with E-state index in [1.54, 1.807) is 181 Å². The number of nitrogens with two attached hydrogens (primary N) is 5. The molecule has 4 aromatic heterocycles. The SMILES string of the molecule is CC(C)(COc1cccc2c1C(N)=NS(=O)(=O)C2)NC(=O)c1ccccn1.CC(C)(COc1cccc2c1C(N)=NS(=O)(=O)C2)NC(=O)c1ccnc(-n2cccn2)c1.CCC(CC)(COc1cccc2c1C(N)=NS(=O)(=O)C2)CC(=O)c1ccccc1.CCC(CC)(COc1cccc2c1C(N)=NS(=O)(=O)C2)NC(=O)c1ccnc(C)c1.CN(C)c1cccc(C(=O)NC2(COc3cccc4c3C(N)=NS(=O)(=O)C4)CCCC2)c1. The molecule has 0 unspecified atom stereocenters. The third-order valence-electron chi connectivity index (χ3n) is 25.6. The Kier molecular flexibility index (Phi) is 35.1. The van der Waals surface area contributed by atoms with Crippen LogP contribution in [0.5, 0.6) is 28.7 Å². The van der Waals surface area contributed by atoms with E-state index in [-0.39, 0.29) is 119 Å². The smallest absolute Gasteiger partial charge is 0.270 e. The number of pyridine rings is 3. The second-order valence-electron chi connectivity index (χ2n) is 38.3. The van der Waals surface area contributed by atoms with Gasteiger partial charge in [-0.1, -0.05) is 144 Å². The van der Waals surface area contributed by atoms with Gasteiger partial charge in [0, 0.05) is 90.6 Å². The lowest BCUT2D eigenvalue weighted by atomic mass is 9.77. The predicted molar refractivity (Wildman–Crippen MR) is 573 cm³/mol. The molecule has 0 spiro atoms. The number of aromatic nitrogens is 5. The molecule has 40 nitrogen and oxygen atoms in total. The van der Waals surface area contributed by atoms with Crippen molar-refractivity contribution >= 4 is 114 Å². The van der Waals surface area contributed by atoms with Crippen molar-refractivity contribution in [1.82, 2.24) is 46.0 Å². The van der Waals surface area contributed by atoms with E-state index < -0.39 is 72.3 Å². The number of sulfonamides is 5. The summed E-state index contributed by atoms with van der Waals surface area (Å²) in [6.07, 6.45) is 14.9. The summed E-state index contributed by atoms with van der Waals surface area (Å²) < 4.78 is 168. The van der Waals surface area contributed by atoms with Gasteiger partial charge in [-0.3, -0.25) is 33.9 Å². The number of carbonyl (C=O) groups is 5. The quantitative estimate of drug-likeness (QED) is 0.0177. The fourth-order valence-electron chi connectivity index (χ4n) is 17.3. The van der Waals surface area contributed by atoms with Crippen LogP contribution in [0.1, 0.15) is 226 Å². The zero-order valence-corrected chi connectivity index (χ0v) is 88.9. The van der Waals surface area contributed by atoms with E-state index >= 15 is 0 Å². The van der Waals surface area contributed by atoms with Crippen LogP contribution in [-0.4, -0.2) is 195 Å². The van der Waals surface area contributed by atoms with Gasteiger partial charge in [-0.25, -0.2) is 51.8 Å². The Bertz CT molecular complexity index is 7670. The maximum atomic E-state index is 13.1. The van der Waals surface area contributed by atoms with Crippen molar-refractivity contribution in [2.75, 3.05) is 52.0 Å². The first kappa shape index (κ1) is 112. The summed E-state index contributed by atoms with van der Waals surface area (Å²) in [5, 5.41) is 16.2. The summed E-state index contributed by atoms with van der Waals surface area (Å²) in [5.74, 6) is 0.445. The number of carbonyl (C=O) groups excluding carboxylic acids is 5. The Morgan fingerprint density at radius 1 is 0.393 bits per heavy atom. The van der Waals surface area contributed by atoms with Crippen LogP contribution < -0.4 is 78.5 Å². The van der Waals surface area contributed by atoms with Gasteiger partial charge in [0.15, 0.2) is 11.6 Å². The Labute approximate surface area is 872 Å². The van der Waals surface area contributed by atoms with Crippen molar-refractivity contribution in [3.05, 3.63) is 314 Å². The molecule has 1 aliphatic carbocycles. The standard InChI is InChI=1S/C23H28N4O4S.C22H26N2O4S.C21H22N6O4S.C21H26N4O4S.C18H20N4O4S/c1-27(2)18-9-5-7-16(13-18)22(28)25-23(11-3-4-12-23)15-31-19-10-6-8-17-14-32(29,30)26-21(24)20(17)19;1-3-22(4-2,13-18(25)16-9-6-5-7-10-16)15-28-19-12-8-11-17-14-29(26,27)24-21(23)20(17)19;1-21(2,25-20(28)14-7-9-23-17(11-14)27-10-4-8-24-27)13-31-16-6-3-5-15-12-32(29,30)26-19(22)18(15)16;1-4-21(5-2,24-20(26)15-9-10-23-14(3)11-15)13-29-17-8-6-7-16-12-30(27,28)25-19(22)18(16)17;1-18(2,21-17(23)13-7-3-4-9-20-13)11-26-14-8-5-6-12-10-27(24,25)22-16(19)15(12)14/h5-10,13H,3-4,11-12,14-15H2,1-2H3,(H2,24,26)(H,25,28);5-12H,3-4,13-15H2,1-2H3,(H2,23,24);3-11H,12-13H2,1-2H3,(H2,22,26)(H,25,28);6-11H,4-5,12-13H2,1-3H3,(H2,22,25)(H,24,26);3-9H,10-11H2,1-2H3,(H2,19,22)(H,21,23). The van der Waals surface area contributed by atoms with Crippen molar-refractivity contribution in [2.24, 2.45) is 56.1 Å². The van der Waals surface area contributed by atoms with Gasteiger partial charge in [-0.15, -0.1) is 22.0 Å². The monoisotopic (exact) mass is 2140 g/mol. The highest BCUT2D eigenvalue weighted by molar-refractivity contribution is 7.90. The molecule has 0 saturated heterocycles. The van der Waals surface area contributed by atoms with Crippen LogP contribution in [0.25, 0.3) is 5.82 Å². The molecular weight excluding hydrogens is 2020 g/mol. The number of aryl methyl sites for hydroxylation is 1. The lowest BCUT2D eigenvalue weighted by Gasteiger charge is -2.33. The maximum Gasteiger partial charge on any atom is 0.270 e. The minimum Gasteiger partial charge on any atom is -0.492 e. The molecule has 1 saturated carbocycles. The number of benzene rings is 7. The molecule has 45 heteroatoms. The van der Waals surface area contributed by atoms with E-state index in [1.807, 2.05) is 130 Å². The molecule has 150 heavy (non-hydrogen) atoms. The lowest BCUT2D eigenvalue weighted by Crippen LogP contribution is -2.52. The zero-order chi connectivity index (χ0) is 109. The van der Waals surface area contributed by atoms with Crippen molar-refractivity contribution in [2.45, 2.75) is 171 Å². The number of Topliss-reactive ketones (excluding diaryl/α,β-unsaturated/α-hetero) is 1. The fourth-order valence-corrected chi connectivity index (χ4v) is 22.8. The average Bonchev–Trinajstić information content (AvgIpc) is 0.904. The van der Waals surface area contributed by atoms with Gasteiger partial charge in [-0.05, 0) is 192 Å². The number of nitrogens with zero attached hydrogens (tertiary/aromatic N) is 11. The van der Waals surface area contributed by atoms with Crippen molar-refractivity contribution in [3.63, 3.8) is 0 Å². The first-order valence-corrected chi connectivity index (χ1v) is 56.1. The van der Waals surface area contributed by atoms with Crippen LogP contribution in [0.2, 0.25) is 0 Å². The Balaban J connectivity index is 0.000000156. The normalized spacial score (nSPS) is 15.8. The number of amides is 4. The first-order valence-electron chi connectivity index (χ1n) is 48.1. The van der Waals surface area contributed by atoms with E-state index in [9.17, 15) is 66.1 Å². The molecular formula is C105H122N20O20S5. The molecule has 0 atom stereocenters. The van der Waals surface area contributed by atoms with Crippen LogP contribution in [0, 0.1) is 12.3 Å². The van der Waals surface area contributed by atoms with Crippen LogP contribution in [-0.2, 0) is 78.9 Å². The van der Waals surface area contributed by atoms with Gasteiger partial charge in [0.05, 0.1) is 85.3 Å². The van der Waals surface area contributed by atoms with Gasteiger partial charge < -0.3 is 78.5 Å². The molecule has 7 aromatic carbocycles. The Morgan fingerprint density at radius 3 is 1.20 bits per heavy atom. The highest BCUT2D eigenvalue weighted by atomic mass is 32.2. The third-order valence-corrected chi connectivity index (χ3v) is 31.3. The number of amidine groups is 5. The number of ether oxygens (including phenoxy) is 5. The zero-order valence-electron chi connectivity index (χ0n) is 84.8. The summed E-state index contributed by atoms with van der Waals surface area (Å²) in [6.45, 7) is 18.2. The molecule has 14 N–H and O–H groups in total. The average molecular weight is 2140 g/mol. The third kappa shape index (κ3) is 29.0. The van der Waals surface area contributed by atoms with Gasteiger partial charge in [0.1, 0.15) is 90.0 Å². The lowest BCUT2D eigenvalue weighted by molar-refractivity contribution is 0.0788. The molecule has 0 bridgehead atoms. The number of anilines is 1. The Morgan fingerprint density at radius 2 is 0.787 bits per heavy atom. The molecule has 4 amide bonds. The van der Waals surface area contributed by atoms with Crippen LogP contribution in [0.15, 0.2) is 247 Å². The van der Waals surface area contributed by atoms with E-state index in [0.29, 0.717) is 144 Å². The van der Waals surface area contributed by atoms with E-state index in [0.717, 1.165) is 49.9 Å². The van der Waals surface area contributed by atoms with Crippen LogP contribution >= 0.6 is 0 Å². The molecule has 1 fully saturated rings. The minimum atomic E-state index is -3.63. The first-order chi connectivity index (χ1) is 71.0. The molecule has 9 heterocycles. The fraction of sp³-hybridized carbons (Fsp3) is 0.333. The molecule has 6 aliphatic rings. The van der Waals surface area contributed by atoms with Gasteiger partial charge in [0.2, 0.25) is 0 Å². The summed E-state index contributed by atoms with van der Waals surface area (Å²) in [7, 11) is -14.2. The van der Waals surface area contributed by atoms with Crippen molar-refractivity contribution < 1.29 is 89.7 Å². The molecule has 17 rings (SSSR count). The number of fused-ring (bicyclic) bond motifs is 5. The summed E-state index contributed by atoms with van der Waals surface area (Å²) in [5.41, 5.74) is 36.1. The minimum absolute atomic E-state index is 0.0548. The summed E-state index contributed by atoms with van der Waals surface area (Å²) >= 11 is 0. The van der Waals surface area contributed by atoms with Crippen molar-refractivity contribution in [3.8, 4) is 34.6 Å².